The highest BCUT2D eigenvalue weighted by atomic mass is 19.1. The molecule has 0 bridgehead atoms. The number of hydrogen-bond donors (Lipinski definition) is 1. The van der Waals surface area contributed by atoms with Crippen LogP contribution in [0.1, 0.15) is 36.3 Å². The Morgan fingerprint density at radius 2 is 1.95 bits per heavy atom. The minimum Gasteiger partial charge on any atom is -0.312 e. The number of halogens is 1. The van der Waals surface area contributed by atoms with E-state index < -0.39 is 6.17 Å². The normalized spacial score (nSPS) is 33.2. The van der Waals surface area contributed by atoms with Crippen molar-refractivity contribution < 1.29 is 4.39 Å². The van der Waals surface area contributed by atoms with Crippen molar-refractivity contribution in [3.05, 3.63) is 66.0 Å². The van der Waals surface area contributed by atoms with Crippen LogP contribution in [0.15, 0.2) is 54.9 Å². The maximum Gasteiger partial charge on any atom is 0.102 e. The SMILES string of the molecule is FC1CC(CN[C@H]2CC2c2ccccc2)(c2cccnc2)C1. The topological polar surface area (TPSA) is 24.9 Å². The second kappa shape index (κ2) is 5.47. The van der Waals surface area contributed by atoms with E-state index in [-0.39, 0.29) is 5.41 Å². The van der Waals surface area contributed by atoms with Crippen LogP contribution >= 0.6 is 0 Å². The Morgan fingerprint density at radius 3 is 2.64 bits per heavy atom. The number of pyridine rings is 1. The lowest BCUT2D eigenvalue weighted by molar-refractivity contribution is 0.0916. The molecule has 1 unspecified atom stereocenters. The number of rotatable bonds is 5. The van der Waals surface area contributed by atoms with Crippen molar-refractivity contribution in [2.24, 2.45) is 0 Å². The zero-order chi connectivity index (χ0) is 15.0. The van der Waals surface area contributed by atoms with Crippen molar-refractivity contribution >= 4 is 0 Å². The lowest BCUT2D eigenvalue weighted by Crippen LogP contribution is -2.50. The van der Waals surface area contributed by atoms with Gasteiger partial charge in [-0.3, -0.25) is 4.98 Å². The molecule has 0 saturated heterocycles. The van der Waals surface area contributed by atoms with Crippen LogP contribution < -0.4 is 5.32 Å². The summed E-state index contributed by atoms with van der Waals surface area (Å²) in [5.41, 5.74) is 2.53. The lowest BCUT2D eigenvalue weighted by atomic mass is 9.63. The van der Waals surface area contributed by atoms with Gasteiger partial charge in [-0.2, -0.15) is 0 Å². The number of benzene rings is 1. The van der Waals surface area contributed by atoms with Gasteiger partial charge in [0.1, 0.15) is 6.17 Å². The van der Waals surface area contributed by atoms with E-state index in [4.69, 9.17) is 0 Å². The van der Waals surface area contributed by atoms with Crippen LogP contribution in [0.4, 0.5) is 4.39 Å². The summed E-state index contributed by atoms with van der Waals surface area (Å²) in [7, 11) is 0. The summed E-state index contributed by atoms with van der Waals surface area (Å²) in [5, 5.41) is 3.67. The average molecular weight is 296 g/mol. The molecule has 2 aromatic rings. The Hall–Kier alpha value is -1.74. The number of hydrogen-bond acceptors (Lipinski definition) is 2. The third-order valence-electron chi connectivity index (χ3n) is 5.22. The molecule has 1 aromatic heterocycles. The highest BCUT2D eigenvalue weighted by Gasteiger charge is 2.48. The summed E-state index contributed by atoms with van der Waals surface area (Å²) in [6.45, 7) is 0.854. The van der Waals surface area contributed by atoms with E-state index in [1.807, 2.05) is 12.3 Å². The summed E-state index contributed by atoms with van der Waals surface area (Å²) in [6.07, 6.45) is 5.44. The van der Waals surface area contributed by atoms with Crippen molar-refractivity contribution in [3.8, 4) is 0 Å². The van der Waals surface area contributed by atoms with Crippen molar-refractivity contribution in [2.45, 2.75) is 42.8 Å². The van der Waals surface area contributed by atoms with Crippen LogP contribution in [0.5, 0.6) is 0 Å². The molecule has 0 spiro atoms. The molecule has 1 N–H and O–H groups in total. The molecule has 3 heteroatoms. The first kappa shape index (κ1) is 13.9. The first-order valence-corrected chi connectivity index (χ1v) is 8.10. The number of nitrogens with zero attached hydrogens (tertiary/aromatic N) is 1. The molecule has 2 aliphatic rings. The van der Waals surface area contributed by atoms with Crippen LogP contribution in [0.3, 0.4) is 0 Å². The van der Waals surface area contributed by atoms with E-state index in [0.717, 1.165) is 6.54 Å². The molecule has 2 saturated carbocycles. The van der Waals surface area contributed by atoms with Gasteiger partial charge in [-0.1, -0.05) is 36.4 Å². The summed E-state index contributed by atoms with van der Waals surface area (Å²) >= 11 is 0. The standard InChI is InChI=1S/C19H21FN2/c20-16-10-19(11-16,15-7-4-8-21-12-15)13-22-18-9-17(18)14-5-2-1-3-6-14/h1-8,12,16-18,22H,9-11,13H2/t16?,17?,18-,19?/m0/s1. The number of aromatic nitrogens is 1. The van der Waals surface area contributed by atoms with Crippen molar-refractivity contribution in [1.82, 2.24) is 10.3 Å². The zero-order valence-electron chi connectivity index (χ0n) is 12.6. The van der Waals surface area contributed by atoms with Gasteiger partial charge in [0.25, 0.3) is 0 Å². The maximum atomic E-state index is 13.5. The van der Waals surface area contributed by atoms with Gasteiger partial charge < -0.3 is 5.32 Å². The van der Waals surface area contributed by atoms with E-state index in [1.54, 1.807) is 6.20 Å². The van der Waals surface area contributed by atoms with Gasteiger partial charge in [0, 0.05) is 36.3 Å². The molecule has 2 atom stereocenters. The fourth-order valence-electron chi connectivity index (χ4n) is 3.76. The summed E-state index contributed by atoms with van der Waals surface area (Å²) in [5.74, 6) is 0.619. The van der Waals surface area contributed by atoms with Crippen LogP contribution in [0.25, 0.3) is 0 Å². The molecule has 1 aromatic carbocycles. The third kappa shape index (κ3) is 2.54. The highest BCUT2D eigenvalue weighted by molar-refractivity contribution is 5.30. The minimum atomic E-state index is -0.661. The van der Waals surface area contributed by atoms with Crippen LogP contribution in [-0.4, -0.2) is 23.7 Å². The molecule has 4 rings (SSSR count). The van der Waals surface area contributed by atoms with Gasteiger partial charge in [-0.15, -0.1) is 0 Å². The van der Waals surface area contributed by atoms with Gasteiger partial charge in [0.15, 0.2) is 0 Å². The predicted octanol–water partition coefficient (Wildman–Crippen LogP) is 3.60. The van der Waals surface area contributed by atoms with Crippen LogP contribution in [0, 0.1) is 0 Å². The predicted molar refractivity (Wildman–Crippen MR) is 85.6 cm³/mol. The van der Waals surface area contributed by atoms with E-state index >= 15 is 0 Å². The van der Waals surface area contributed by atoms with Crippen molar-refractivity contribution in [1.29, 1.82) is 0 Å². The molecule has 0 aliphatic heterocycles. The Morgan fingerprint density at radius 1 is 1.14 bits per heavy atom. The Balaban J connectivity index is 1.40. The Bertz CT molecular complexity index is 622. The lowest BCUT2D eigenvalue weighted by Gasteiger charge is -2.45. The minimum absolute atomic E-state index is 0.0580. The molecule has 1 heterocycles. The molecular formula is C19H21FN2. The first-order chi connectivity index (χ1) is 10.8. The second-order valence-corrected chi connectivity index (χ2v) is 6.77. The first-order valence-electron chi connectivity index (χ1n) is 8.10. The maximum absolute atomic E-state index is 13.5. The largest absolute Gasteiger partial charge is 0.312 e. The Labute approximate surface area is 130 Å². The second-order valence-electron chi connectivity index (χ2n) is 6.77. The van der Waals surface area contributed by atoms with Crippen LogP contribution in [0.2, 0.25) is 0 Å². The summed E-state index contributed by atoms with van der Waals surface area (Å²) < 4.78 is 13.5. The molecule has 2 fully saturated rings. The van der Waals surface area contributed by atoms with E-state index in [2.05, 4.69) is 46.7 Å². The van der Waals surface area contributed by atoms with Gasteiger partial charge in [0.2, 0.25) is 0 Å². The molecule has 2 nitrogen and oxygen atoms in total. The van der Waals surface area contributed by atoms with Gasteiger partial charge >= 0.3 is 0 Å². The number of alkyl halides is 1. The smallest absolute Gasteiger partial charge is 0.102 e. The quantitative estimate of drug-likeness (QED) is 0.912. The van der Waals surface area contributed by atoms with E-state index in [9.17, 15) is 4.39 Å². The highest BCUT2D eigenvalue weighted by Crippen LogP contribution is 2.46. The molecular weight excluding hydrogens is 275 g/mol. The average Bonchev–Trinajstić information content (AvgIpc) is 3.32. The molecule has 0 amide bonds. The van der Waals surface area contributed by atoms with Gasteiger partial charge in [-0.05, 0) is 36.5 Å². The van der Waals surface area contributed by atoms with Crippen molar-refractivity contribution in [3.63, 3.8) is 0 Å². The zero-order valence-corrected chi connectivity index (χ0v) is 12.6. The van der Waals surface area contributed by atoms with Gasteiger partial charge in [-0.25, -0.2) is 4.39 Å². The molecule has 0 radical (unpaired) electrons. The summed E-state index contributed by atoms with van der Waals surface area (Å²) in [6, 6.07) is 15.2. The number of nitrogens with one attached hydrogen (secondary N) is 1. The molecule has 22 heavy (non-hydrogen) atoms. The summed E-state index contributed by atoms with van der Waals surface area (Å²) in [4.78, 5) is 4.21. The van der Waals surface area contributed by atoms with Crippen LogP contribution in [-0.2, 0) is 5.41 Å². The molecule has 2 aliphatic carbocycles. The van der Waals surface area contributed by atoms with Crippen molar-refractivity contribution in [2.75, 3.05) is 6.54 Å². The fourth-order valence-corrected chi connectivity index (χ4v) is 3.76. The van der Waals surface area contributed by atoms with Gasteiger partial charge in [0.05, 0.1) is 0 Å². The van der Waals surface area contributed by atoms with E-state index in [0.29, 0.717) is 24.8 Å². The third-order valence-corrected chi connectivity index (χ3v) is 5.22. The fraction of sp³-hybridized carbons (Fsp3) is 0.421. The van der Waals surface area contributed by atoms with E-state index in [1.165, 1.54) is 17.5 Å². The monoisotopic (exact) mass is 296 g/mol. The Kier molecular flexibility index (Phi) is 3.45. The molecule has 114 valence electrons.